The van der Waals surface area contributed by atoms with Gasteiger partial charge in [0.05, 0.1) is 18.7 Å². The van der Waals surface area contributed by atoms with Crippen molar-refractivity contribution in [2.45, 2.75) is 44.6 Å². The number of nitrogens with zero attached hydrogens (tertiary/aromatic N) is 1. The first-order valence-corrected chi connectivity index (χ1v) is 7.25. The Morgan fingerprint density at radius 3 is 2.63 bits per heavy atom. The predicted molar refractivity (Wildman–Crippen MR) is 74.2 cm³/mol. The zero-order valence-electron chi connectivity index (χ0n) is 11.5. The molecule has 1 N–H and O–H groups in total. The van der Waals surface area contributed by atoms with Gasteiger partial charge in [-0.15, -0.1) is 0 Å². The minimum atomic E-state index is -0.649. The molecule has 1 amide bonds. The van der Waals surface area contributed by atoms with Crippen LogP contribution in [0.25, 0.3) is 0 Å². The second kappa shape index (κ2) is 4.64. The van der Waals surface area contributed by atoms with Crippen LogP contribution in [0.4, 0.5) is 0 Å². The molecule has 1 aromatic rings. The minimum absolute atomic E-state index is 0.0616. The van der Waals surface area contributed by atoms with Crippen molar-refractivity contribution in [1.29, 1.82) is 0 Å². The van der Waals surface area contributed by atoms with Crippen LogP contribution in [0.5, 0.6) is 0 Å². The van der Waals surface area contributed by atoms with Gasteiger partial charge in [-0.1, -0.05) is 13.0 Å². The number of carbonyl (C=O) groups is 1. The van der Waals surface area contributed by atoms with Crippen LogP contribution in [-0.2, 0) is 12.8 Å². The number of rotatable bonds is 2. The Morgan fingerprint density at radius 1 is 1.26 bits per heavy atom. The monoisotopic (exact) mass is 259 g/mol. The number of likely N-dealkylation sites (tertiary alicyclic amines) is 1. The van der Waals surface area contributed by atoms with Crippen LogP contribution >= 0.6 is 0 Å². The van der Waals surface area contributed by atoms with Gasteiger partial charge in [-0.05, 0) is 55.4 Å². The van der Waals surface area contributed by atoms with Crippen LogP contribution in [0, 0.1) is 0 Å². The average molecular weight is 259 g/mol. The Morgan fingerprint density at radius 2 is 1.95 bits per heavy atom. The molecule has 0 atom stereocenters. The molecule has 1 aliphatic heterocycles. The van der Waals surface area contributed by atoms with E-state index >= 15 is 0 Å². The van der Waals surface area contributed by atoms with Gasteiger partial charge in [0.15, 0.2) is 0 Å². The highest BCUT2D eigenvalue weighted by molar-refractivity contribution is 5.95. The van der Waals surface area contributed by atoms with E-state index in [4.69, 9.17) is 0 Å². The van der Waals surface area contributed by atoms with E-state index in [0.29, 0.717) is 19.5 Å². The maximum atomic E-state index is 12.3. The van der Waals surface area contributed by atoms with Gasteiger partial charge in [-0.2, -0.15) is 0 Å². The van der Waals surface area contributed by atoms with Crippen LogP contribution < -0.4 is 0 Å². The Hall–Kier alpha value is -1.35. The summed E-state index contributed by atoms with van der Waals surface area (Å²) in [6.45, 7) is 2.90. The fraction of sp³-hybridized carbons (Fsp3) is 0.562. The summed E-state index contributed by atoms with van der Waals surface area (Å²) in [4.78, 5) is 14.1. The molecule has 3 rings (SSSR count). The third-order valence-electron chi connectivity index (χ3n) is 4.51. The maximum absolute atomic E-state index is 12.3. The van der Waals surface area contributed by atoms with Gasteiger partial charge >= 0.3 is 0 Å². The van der Waals surface area contributed by atoms with Gasteiger partial charge in [-0.3, -0.25) is 4.79 Å². The van der Waals surface area contributed by atoms with E-state index in [1.165, 1.54) is 24.0 Å². The summed E-state index contributed by atoms with van der Waals surface area (Å²) in [5, 5.41) is 9.98. The first-order chi connectivity index (χ1) is 9.11. The lowest BCUT2D eigenvalue weighted by atomic mass is 9.88. The lowest BCUT2D eigenvalue weighted by Crippen LogP contribution is -2.63. The first-order valence-electron chi connectivity index (χ1n) is 7.25. The Balaban J connectivity index is 1.74. The Labute approximate surface area is 114 Å². The lowest BCUT2D eigenvalue weighted by Gasteiger charge is -2.46. The molecular formula is C16H21NO2. The van der Waals surface area contributed by atoms with E-state index in [9.17, 15) is 9.90 Å². The summed E-state index contributed by atoms with van der Waals surface area (Å²) in [5.74, 6) is 0.0616. The SMILES string of the molecule is CCC1(O)CN(C(=O)c2ccc3c(c2)CCCC3)C1. The van der Waals surface area contributed by atoms with Crippen molar-refractivity contribution < 1.29 is 9.90 Å². The molecule has 0 saturated carbocycles. The van der Waals surface area contributed by atoms with Crippen molar-refractivity contribution in [2.24, 2.45) is 0 Å². The molecule has 102 valence electrons. The van der Waals surface area contributed by atoms with Crippen molar-refractivity contribution in [3.63, 3.8) is 0 Å². The summed E-state index contributed by atoms with van der Waals surface area (Å²) in [6.07, 6.45) is 5.43. The number of carbonyl (C=O) groups excluding carboxylic acids is 1. The molecule has 1 saturated heterocycles. The summed E-state index contributed by atoms with van der Waals surface area (Å²) in [5.41, 5.74) is 2.86. The third-order valence-corrected chi connectivity index (χ3v) is 4.51. The summed E-state index contributed by atoms with van der Waals surface area (Å²) in [7, 11) is 0. The highest BCUT2D eigenvalue weighted by atomic mass is 16.3. The number of hydrogen-bond acceptors (Lipinski definition) is 2. The summed E-state index contributed by atoms with van der Waals surface area (Å²) >= 11 is 0. The molecule has 0 radical (unpaired) electrons. The number of benzene rings is 1. The topological polar surface area (TPSA) is 40.5 Å². The van der Waals surface area contributed by atoms with Crippen LogP contribution in [0.2, 0.25) is 0 Å². The van der Waals surface area contributed by atoms with Crippen molar-refractivity contribution >= 4 is 5.91 Å². The number of amides is 1. The molecule has 0 aromatic heterocycles. The van der Waals surface area contributed by atoms with E-state index in [1.807, 2.05) is 13.0 Å². The fourth-order valence-electron chi connectivity index (χ4n) is 3.08. The van der Waals surface area contributed by atoms with Crippen LogP contribution in [0.1, 0.15) is 47.7 Å². The van der Waals surface area contributed by atoms with Gasteiger partial charge in [0.25, 0.3) is 5.91 Å². The molecule has 3 heteroatoms. The first kappa shape index (κ1) is 12.7. The quantitative estimate of drug-likeness (QED) is 0.884. The standard InChI is InChI=1S/C16H21NO2/c1-2-16(19)10-17(11-16)15(18)14-8-7-12-5-3-4-6-13(12)9-14/h7-9,19H,2-6,10-11H2,1H3. The van der Waals surface area contributed by atoms with Gasteiger partial charge in [0, 0.05) is 5.56 Å². The molecule has 1 aromatic carbocycles. The molecule has 19 heavy (non-hydrogen) atoms. The number of fused-ring (bicyclic) bond motifs is 1. The average Bonchev–Trinajstić information content (AvgIpc) is 2.42. The zero-order valence-corrected chi connectivity index (χ0v) is 11.5. The zero-order chi connectivity index (χ0) is 13.5. The molecule has 3 nitrogen and oxygen atoms in total. The molecule has 1 heterocycles. The van der Waals surface area contributed by atoms with Gasteiger partial charge in [-0.25, -0.2) is 0 Å². The highest BCUT2D eigenvalue weighted by Crippen LogP contribution is 2.27. The molecule has 0 spiro atoms. The van der Waals surface area contributed by atoms with Crippen molar-refractivity contribution in [3.05, 3.63) is 34.9 Å². The van der Waals surface area contributed by atoms with E-state index in [0.717, 1.165) is 18.4 Å². The second-order valence-electron chi connectivity index (χ2n) is 5.93. The number of aryl methyl sites for hydroxylation is 2. The van der Waals surface area contributed by atoms with E-state index < -0.39 is 5.60 Å². The Bertz CT molecular complexity index is 503. The maximum Gasteiger partial charge on any atom is 0.254 e. The second-order valence-corrected chi connectivity index (χ2v) is 5.93. The normalized spacial score (nSPS) is 20.6. The molecule has 0 unspecified atom stereocenters. The smallest absolute Gasteiger partial charge is 0.254 e. The third kappa shape index (κ3) is 2.27. The van der Waals surface area contributed by atoms with Crippen molar-refractivity contribution in [1.82, 2.24) is 4.90 Å². The predicted octanol–water partition coefficient (Wildman–Crippen LogP) is 2.16. The van der Waals surface area contributed by atoms with Gasteiger partial charge < -0.3 is 10.0 Å². The van der Waals surface area contributed by atoms with E-state index in [2.05, 4.69) is 12.1 Å². The largest absolute Gasteiger partial charge is 0.386 e. The molecule has 1 aliphatic carbocycles. The molecule has 2 aliphatic rings. The minimum Gasteiger partial charge on any atom is -0.386 e. The van der Waals surface area contributed by atoms with Gasteiger partial charge in [0.2, 0.25) is 0 Å². The summed E-state index contributed by atoms with van der Waals surface area (Å²) in [6, 6.07) is 6.10. The van der Waals surface area contributed by atoms with Crippen molar-refractivity contribution in [3.8, 4) is 0 Å². The number of β-amino-alcohol motifs (C(OH)–C–C–N with tert-alkyl or cyclic N) is 1. The van der Waals surface area contributed by atoms with Crippen LogP contribution in [0.3, 0.4) is 0 Å². The van der Waals surface area contributed by atoms with Crippen LogP contribution in [-0.4, -0.2) is 34.6 Å². The molecule has 0 bridgehead atoms. The Kier molecular flexibility index (Phi) is 3.09. The van der Waals surface area contributed by atoms with E-state index in [1.54, 1.807) is 4.90 Å². The number of hydrogen-bond donors (Lipinski definition) is 1. The number of aliphatic hydroxyl groups is 1. The summed E-state index contributed by atoms with van der Waals surface area (Å²) < 4.78 is 0. The molecule has 1 fully saturated rings. The highest BCUT2D eigenvalue weighted by Gasteiger charge is 2.42. The van der Waals surface area contributed by atoms with E-state index in [-0.39, 0.29) is 5.91 Å². The van der Waals surface area contributed by atoms with Crippen LogP contribution in [0.15, 0.2) is 18.2 Å². The fourth-order valence-corrected chi connectivity index (χ4v) is 3.08. The lowest BCUT2D eigenvalue weighted by molar-refractivity contribution is -0.0826. The molecular weight excluding hydrogens is 238 g/mol. The van der Waals surface area contributed by atoms with Gasteiger partial charge in [0.1, 0.15) is 0 Å². The van der Waals surface area contributed by atoms with Crippen molar-refractivity contribution in [2.75, 3.05) is 13.1 Å².